The number of fused-ring (bicyclic) bond motifs is 1. The van der Waals surface area contributed by atoms with E-state index in [1.807, 2.05) is 49.5 Å². The summed E-state index contributed by atoms with van der Waals surface area (Å²) in [6.07, 6.45) is 5.95. The molecule has 0 saturated carbocycles. The Kier molecular flexibility index (Phi) is 5.01. The molecule has 0 aliphatic rings. The fourth-order valence-corrected chi connectivity index (χ4v) is 3.11. The molecule has 0 spiro atoms. The van der Waals surface area contributed by atoms with Crippen molar-refractivity contribution in [1.82, 2.24) is 15.0 Å². The van der Waals surface area contributed by atoms with Crippen LogP contribution in [0.4, 0.5) is 11.6 Å². The van der Waals surface area contributed by atoms with Gasteiger partial charge in [-0.1, -0.05) is 30.3 Å². The lowest BCUT2D eigenvalue weighted by molar-refractivity contribution is 0.102. The molecule has 4 aromatic rings. The topological polar surface area (TPSA) is 82.7 Å². The Balaban J connectivity index is 1.33. The first kappa shape index (κ1) is 17.7. The second kappa shape index (κ2) is 7.92. The molecule has 140 valence electrons. The minimum atomic E-state index is -0.226. The lowest BCUT2D eigenvalue weighted by Crippen LogP contribution is -2.14. The fourth-order valence-electron chi connectivity index (χ4n) is 3.11. The van der Waals surface area contributed by atoms with E-state index >= 15 is 0 Å². The second-order valence-corrected chi connectivity index (χ2v) is 6.66. The number of H-pyrrole nitrogens is 1. The molecule has 0 fully saturated rings. The maximum atomic E-state index is 12.3. The number of aromatic nitrogens is 3. The third-order valence-corrected chi connectivity index (χ3v) is 4.54. The van der Waals surface area contributed by atoms with Gasteiger partial charge in [-0.3, -0.25) is 4.79 Å². The van der Waals surface area contributed by atoms with Crippen LogP contribution in [0.2, 0.25) is 0 Å². The van der Waals surface area contributed by atoms with E-state index in [0.717, 1.165) is 23.2 Å². The number of hydrogen-bond donors (Lipinski definition) is 3. The summed E-state index contributed by atoms with van der Waals surface area (Å²) in [7, 11) is 0. The summed E-state index contributed by atoms with van der Waals surface area (Å²) >= 11 is 0. The van der Waals surface area contributed by atoms with Crippen molar-refractivity contribution < 1.29 is 4.79 Å². The zero-order chi connectivity index (χ0) is 19.3. The van der Waals surface area contributed by atoms with Gasteiger partial charge in [-0.05, 0) is 42.7 Å². The Morgan fingerprint density at radius 1 is 1.07 bits per heavy atom. The number of para-hydroxylation sites is 1. The standard InChI is InChI=1S/C22H21N5O/c1-15-5-4-6-18(11-15)27-21(28)17-13-25-22(26-14-17)23-10-9-16-12-24-20-8-3-2-7-19(16)20/h2-8,11-14,24H,9-10H2,1H3,(H,27,28)(H,23,25,26). The van der Waals surface area contributed by atoms with Crippen LogP contribution in [0.15, 0.2) is 67.1 Å². The largest absolute Gasteiger partial charge is 0.361 e. The summed E-state index contributed by atoms with van der Waals surface area (Å²) in [5.74, 6) is 0.280. The summed E-state index contributed by atoms with van der Waals surface area (Å²) in [6, 6.07) is 15.9. The Morgan fingerprint density at radius 2 is 1.89 bits per heavy atom. The maximum absolute atomic E-state index is 12.3. The molecule has 4 rings (SSSR count). The number of anilines is 2. The molecule has 6 nitrogen and oxygen atoms in total. The average molecular weight is 371 g/mol. The van der Waals surface area contributed by atoms with Crippen molar-refractivity contribution in [3.05, 3.63) is 83.8 Å². The monoisotopic (exact) mass is 371 g/mol. The quantitative estimate of drug-likeness (QED) is 0.475. The third-order valence-electron chi connectivity index (χ3n) is 4.54. The van der Waals surface area contributed by atoms with Gasteiger partial charge in [0.1, 0.15) is 0 Å². The smallest absolute Gasteiger partial charge is 0.258 e. The minimum Gasteiger partial charge on any atom is -0.361 e. The predicted molar refractivity (Wildman–Crippen MR) is 112 cm³/mol. The van der Waals surface area contributed by atoms with E-state index in [9.17, 15) is 4.79 Å². The molecule has 0 radical (unpaired) electrons. The van der Waals surface area contributed by atoms with Crippen LogP contribution in [-0.2, 0) is 6.42 Å². The number of nitrogens with one attached hydrogen (secondary N) is 3. The fraction of sp³-hybridized carbons (Fsp3) is 0.136. The van der Waals surface area contributed by atoms with Gasteiger partial charge in [0.2, 0.25) is 5.95 Å². The van der Waals surface area contributed by atoms with Crippen molar-refractivity contribution in [3.63, 3.8) is 0 Å². The number of carbonyl (C=O) groups is 1. The number of nitrogens with zero attached hydrogens (tertiary/aromatic N) is 2. The molecular formula is C22H21N5O. The van der Waals surface area contributed by atoms with Crippen LogP contribution < -0.4 is 10.6 Å². The van der Waals surface area contributed by atoms with Crippen LogP contribution in [0.5, 0.6) is 0 Å². The molecule has 0 saturated heterocycles. The summed E-state index contributed by atoms with van der Waals surface area (Å²) in [6.45, 7) is 2.69. The van der Waals surface area contributed by atoms with Crippen molar-refractivity contribution in [1.29, 1.82) is 0 Å². The van der Waals surface area contributed by atoms with Crippen molar-refractivity contribution in [2.45, 2.75) is 13.3 Å². The molecule has 2 heterocycles. The Bertz CT molecular complexity index is 1100. The number of rotatable bonds is 6. The van der Waals surface area contributed by atoms with Crippen molar-refractivity contribution >= 4 is 28.4 Å². The third kappa shape index (κ3) is 4.01. The van der Waals surface area contributed by atoms with Gasteiger partial charge in [0.25, 0.3) is 5.91 Å². The molecule has 0 bridgehead atoms. The molecule has 3 N–H and O–H groups in total. The summed E-state index contributed by atoms with van der Waals surface area (Å²) in [5.41, 5.74) is 4.65. The van der Waals surface area contributed by atoms with E-state index in [-0.39, 0.29) is 5.91 Å². The lowest BCUT2D eigenvalue weighted by atomic mass is 10.1. The number of aryl methyl sites for hydroxylation is 1. The number of aromatic amines is 1. The van der Waals surface area contributed by atoms with Crippen LogP contribution in [0, 0.1) is 6.92 Å². The van der Waals surface area contributed by atoms with Gasteiger partial charge in [0.15, 0.2) is 0 Å². The van der Waals surface area contributed by atoms with Crippen LogP contribution >= 0.6 is 0 Å². The number of carbonyl (C=O) groups excluding carboxylic acids is 1. The summed E-state index contributed by atoms with van der Waals surface area (Å²) in [5, 5.41) is 7.29. The SMILES string of the molecule is Cc1cccc(NC(=O)c2cnc(NCCc3c[nH]c4ccccc34)nc2)c1. The van der Waals surface area contributed by atoms with Gasteiger partial charge in [0.05, 0.1) is 5.56 Å². The summed E-state index contributed by atoms with van der Waals surface area (Å²) in [4.78, 5) is 24.1. The highest BCUT2D eigenvalue weighted by Gasteiger charge is 2.08. The molecular weight excluding hydrogens is 350 g/mol. The van der Waals surface area contributed by atoms with E-state index in [4.69, 9.17) is 0 Å². The van der Waals surface area contributed by atoms with Gasteiger partial charge in [-0.25, -0.2) is 9.97 Å². The number of benzene rings is 2. The molecule has 2 aromatic carbocycles. The Hall–Kier alpha value is -3.67. The van der Waals surface area contributed by atoms with E-state index in [2.05, 4.69) is 37.7 Å². The van der Waals surface area contributed by atoms with Crippen LogP contribution in [0.3, 0.4) is 0 Å². The molecule has 0 unspecified atom stereocenters. The molecule has 0 aliphatic heterocycles. The minimum absolute atomic E-state index is 0.226. The lowest BCUT2D eigenvalue weighted by Gasteiger charge is -2.07. The maximum Gasteiger partial charge on any atom is 0.258 e. The van der Waals surface area contributed by atoms with E-state index in [1.165, 1.54) is 23.3 Å². The highest BCUT2D eigenvalue weighted by atomic mass is 16.1. The molecule has 2 aromatic heterocycles. The molecule has 0 atom stereocenters. The van der Waals surface area contributed by atoms with E-state index in [0.29, 0.717) is 18.1 Å². The van der Waals surface area contributed by atoms with Crippen LogP contribution in [0.1, 0.15) is 21.5 Å². The Labute approximate surface area is 163 Å². The highest BCUT2D eigenvalue weighted by Crippen LogP contribution is 2.18. The first-order chi connectivity index (χ1) is 13.7. The summed E-state index contributed by atoms with van der Waals surface area (Å²) < 4.78 is 0. The second-order valence-electron chi connectivity index (χ2n) is 6.66. The highest BCUT2D eigenvalue weighted by molar-refractivity contribution is 6.03. The van der Waals surface area contributed by atoms with Gasteiger partial charge in [-0.2, -0.15) is 0 Å². The van der Waals surface area contributed by atoms with Crippen molar-refractivity contribution in [3.8, 4) is 0 Å². The van der Waals surface area contributed by atoms with E-state index < -0.39 is 0 Å². The van der Waals surface area contributed by atoms with Crippen molar-refractivity contribution in [2.75, 3.05) is 17.2 Å². The predicted octanol–water partition coefficient (Wildman–Crippen LogP) is 4.17. The number of hydrogen-bond acceptors (Lipinski definition) is 4. The molecule has 28 heavy (non-hydrogen) atoms. The van der Waals surface area contributed by atoms with Gasteiger partial charge in [-0.15, -0.1) is 0 Å². The first-order valence-corrected chi connectivity index (χ1v) is 9.18. The van der Waals surface area contributed by atoms with Gasteiger partial charge < -0.3 is 15.6 Å². The van der Waals surface area contributed by atoms with Gasteiger partial charge in [0, 0.05) is 41.7 Å². The molecule has 0 aliphatic carbocycles. The number of amides is 1. The Morgan fingerprint density at radius 3 is 2.71 bits per heavy atom. The zero-order valence-electron chi connectivity index (χ0n) is 15.6. The molecule has 6 heteroatoms. The van der Waals surface area contributed by atoms with Crippen molar-refractivity contribution in [2.24, 2.45) is 0 Å². The van der Waals surface area contributed by atoms with E-state index in [1.54, 1.807) is 0 Å². The van der Waals surface area contributed by atoms with Crippen LogP contribution in [-0.4, -0.2) is 27.4 Å². The molecule has 1 amide bonds. The average Bonchev–Trinajstić information content (AvgIpc) is 3.12. The normalized spacial score (nSPS) is 10.8. The zero-order valence-corrected chi connectivity index (χ0v) is 15.6. The van der Waals surface area contributed by atoms with Gasteiger partial charge >= 0.3 is 0 Å². The first-order valence-electron chi connectivity index (χ1n) is 9.18. The van der Waals surface area contributed by atoms with Crippen LogP contribution in [0.25, 0.3) is 10.9 Å².